The highest BCUT2D eigenvalue weighted by Crippen LogP contribution is 2.64. The van der Waals surface area contributed by atoms with Gasteiger partial charge in [0.1, 0.15) is 0 Å². The van der Waals surface area contributed by atoms with Gasteiger partial charge in [-0.2, -0.15) is 0 Å². The standard InChI is InChI=1S/C47H41NO2S2/c1-30-24-34-26-31(2)27-35(25-30)47(34)41-13-7-9-15-45(41)52(49,50)46-29-38(21-23-42(46)47)48(36-10-4-3-5-11-36)37-19-16-32(17-20-37)33-18-22-40-39-12-6-8-14-43(39)51-44(40)28-33/h3-23,28-31,34-35H,24-27H2,1-2H3/t30-,31+,34+,35-,47?. The molecule has 0 unspecified atom stereocenters. The largest absolute Gasteiger partial charge is 0.310 e. The second-order valence-electron chi connectivity index (χ2n) is 15.6. The molecule has 7 aromatic rings. The molecule has 1 aromatic heterocycles. The Morgan fingerprint density at radius 2 is 1.12 bits per heavy atom. The summed E-state index contributed by atoms with van der Waals surface area (Å²) in [6, 6.07) is 48.7. The first-order valence-electron chi connectivity index (χ1n) is 18.7. The van der Waals surface area contributed by atoms with Gasteiger partial charge in [-0.3, -0.25) is 0 Å². The van der Waals surface area contributed by atoms with E-state index in [1.807, 2.05) is 53.8 Å². The maximum atomic E-state index is 14.8. The Morgan fingerprint density at radius 1 is 0.538 bits per heavy atom. The lowest BCUT2D eigenvalue weighted by atomic mass is 9.46. The summed E-state index contributed by atoms with van der Waals surface area (Å²) in [5, 5.41) is 2.60. The summed E-state index contributed by atoms with van der Waals surface area (Å²) >= 11 is 1.84. The van der Waals surface area contributed by atoms with Gasteiger partial charge in [0.15, 0.2) is 0 Å². The summed E-state index contributed by atoms with van der Waals surface area (Å²) in [7, 11) is -3.75. The third kappa shape index (κ3) is 4.71. The minimum Gasteiger partial charge on any atom is -0.310 e. The molecule has 3 aliphatic rings. The fourth-order valence-corrected chi connectivity index (χ4v) is 13.5. The minimum atomic E-state index is -3.75. The number of anilines is 3. The van der Waals surface area contributed by atoms with Crippen LogP contribution in [-0.2, 0) is 15.3 Å². The molecule has 2 aliphatic carbocycles. The van der Waals surface area contributed by atoms with Gasteiger partial charge in [-0.15, -0.1) is 11.3 Å². The van der Waals surface area contributed by atoms with Crippen molar-refractivity contribution in [1.82, 2.24) is 0 Å². The van der Waals surface area contributed by atoms with Crippen LogP contribution >= 0.6 is 11.3 Å². The maximum absolute atomic E-state index is 14.8. The van der Waals surface area contributed by atoms with E-state index in [0.717, 1.165) is 59.4 Å². The molecule has 2 fully saturated rings. The summed E-state index contributed by atoms with van der Waals surface area (Å²) in [5.41, 5.74) is 6.92. The zero-order valence-electron chi connectivity index (χ0n) is 29.5. The van der Waals surface area contributed by atoms with Gasteiger partial charge in [-0.25, -0.2) is 8.42 Å². The number of sulfone groups is 1. The molecule has 5 heteroatoms. The van der Waals surface area contributed by atoms with E-state index in [1.165, 1.54) is 25.7 Å². The zero-order valence-corrected chi connectivity index (χ0v) is 31.1. The lowest BCUT2D eigenvalue weighted by Crippen LogP contribution is -2.54. The van der Waals surface area contributed by atoms with Gasteiger partial charge >= 0.3 is 0 Å². The summed E-state index contributed by atoms with van der Waals surface area (Å²) in [5.74, 6) is 2.11. The molecule has 52 heavy (non-hydrogen) atoms. The van der Waals surface area contributed by atoms with Crippen molar-refractivity contribution in [1.29, 1.82) is 0 Å². The summed E-state index contributed by atoms with van der Waals surface area (Å²) in [6.07, 6.45) is 4.53. The first-order valence-corrected chi connectivity index (χ1v) is 21.0. The molecule has 3 nitrogen and oxygen atoms in total. The quantitative estimate of drug-likeness (QED) is 0.182. The second-order valence-corrected chi connectivity index (χ2v) is 18.6. The molecule has 1 spiro atoms. The molecule has 2 saturated carbocycles. The van der Waals surface area contributed by atoms with Crippen LogP contribution in [0.25, 0.3) is 31.3 Å². The third-order valence-electron chi connectivity index (χ3n) is 12.5. The van der Waals surface area contributed by atoms with Gasteiger partial charge in [0, 0.05) is 42.6 Å². The van der Waals surface area contributed by atoms with Crippen molar-refractivity contribution in [2.24, 2.45) is 23.7 Å². The number of benzene rings is 6. The summed E-state index contributed by atoms with van der Waals surface area (Å²) in [6.45, 7) is 4.79. The first-order chi connectivity index (χ1) is 25.3. The minimum absolute atomic E-state index is 0.288. The van der Waals surface area contributed by atoms with Crippen molar-refractivity contribution in [2.45, 2.75) is 54.7 Å². The Kier molecular flexibility index (Phi) is 7.32. The monoisotopic (exact) mass is 715 g/mol. The molecule has 1 aliphatic heterocycles. The van der Waals surface area contributed by atoms with Crippen LogP contribution < -0.4 is 4.90 Å². The fraction of sp³-hybridized carbons (Fsp3) is 0.234. The molecule has 0 amide bonds. The average Bonchev–Trinajstić information content (AvgIpc) is 3.53. The van der Waals surface area contributed by atoms with Crippen LogP contribution in [0.3, 0.4) is 0 Å². The smallest absolute Gasteiger partial charge is 0.207 e. The number of thiophene rings is 1. The molecule has 2 bridgehead atoms. The van der Waals surface area contributed by atoms with Crippen molar-refractivity contribution in [2.75, 3.05) is 4.90 Å². The predicted octanol–water partition coefficient (Wildman–Crippen LogP) is 12.7. The fourth-order valence-electron chi connectivity index (χ4n) is 10.5. The topological polar surface area (TPSA) is 37.4 Å². The molecule has 10 rings (SSSR count). The lowest BCUT2D eigenvalue weighted by Gasteiger charge is -2.59. The van der Waals surface area contributed by atoms with E-state index in [0.29, 0.717) is 33.5 Å². The Bertz CT molecular complexity index is 2580. The zero-order chi connectivity index (χ0) is 35.2. The normalized spacial score (nSPS) is 24.4. The Labute approximate surface area is 310 Å². The molecule has 0 N–H and O–H groups in total. The number of rotatable bonds is 4. The second kappa shape index (κ2) is 11.9. The molecule has 2 heterocycles. The van der Waals surface area contributed by atoms with Crippen molar-refractivity contribution in [3.63, 3.8) is 0 Å². The van der Waals surface area contributed by atoms with Crippen LogP contribution in [0.4, 0.5) is 17.1 Å². The summed E-state index contributed by atoms with van der Waals surface area (Å²) < 4.78 is 32.1. The molecular formula is C47H41NO2S2. The maximum Gasteiger partial charge on any atom is 0.207 e. The Hall–Kier alpha value is -4.71. The van der Waals surface area contributed by atoms with E-state index in [-0.39, 0.29) is 5.41 Å². The van der Waals surface area contributed by atoms with Crippen LogP contribution in [0.1, 0.15) is 50.7 Å². The van der Waals surface area contributed by atoms with Crippen LogP contribution in [0.5, 0.6) is 0 Å². The number of nitrogens with zero attached hydrogens (tertiary/aromatic N) is 1. The van der Waals surface area contributed by atoms with Gasteiger partial charge < -0.3 is 4.90 Å². The van der Waals surface area contributed by atoms with Crippen LogP contribution in [-0.4, -0.2) is 8.42 Å². The molecule has 0 radical (unpaired) electrons. The van der Waals surface area contributed by atoms with Crippen LogP contribution in [0.15, 0.2) is 149 Å². The molecule has 6 aromatic carbocycles. The van der Waals surface area contributed by atoms with Gasteiger partial charge in [-0.1, -0.05) is 98.8 Å². The molecule has 0 atom stereocenters. The molecular weight excluding hydrogens is 675 g/mol. The van der Waals surface area contributed by atoms with E-state index in [2.05, 4.69) is 116 Å². The van der Waals surface area contributed by atoms with Crippen LogP contribution in [0, 0.1) is 23.7 Å². The molecule has 0 saturated heterocycles. The highest BCUT2D eigenvalue weighted by Gasteiger charge is 2.59. The van der Waals surface area contributed by atoms with E-state index in [4.69, 9.17) is 0 Å². The highest BCUT2D eigenvalue weighted by atomic mass is 32.2. The predicted molar refractivity (Wildman–Crippen MR) is 216 cm³/mol. The average molecular weight is 716 g/mol. The Morgan fingerprint density at radius 3 is 1.87 bits per heavy atom. The lowest BCUT2D eigenvalue weighted by molar-refractivity contribution is 0.0231. The number of hydrogen-bond acceptors (Lipinski definition) is 4. The van der Waals surface area contributed by atoms with Gasteiger partial charge in [0.05, 0.1) is 9.79 Å². The van der Waals surface area contributed by atoms with E-state index < -0.39 is 9.84 Å². The number of hydrogen-bond donors (Lipinski definition) is 0. The van der Waals surface area contributed by atoms with Crippen molar-refractivity contribution in [3.05, 3.63) is 151 Å². The van der Waals surface area contributed by atoms with Gasteiger partial charge in [0.25, 0.3) is 0 Å². The van der Waals surface area contributed by atoms with E-state index in [9.17, 15) is 8.42 Å². The number of para-hydroxylation sites is 1. The van der Waals surface area contributed by atoms with Crippen molar-refractivity contribution < 1.29 is 8.42 Å². The summed E-state index contributed by atoms with van der Waals surface area (Å²) in [4.78, 5) is 3.19. The highest BCUT2D eigenvalue weighted by molar-refractivity contribution is 7.91. The van der Waals surface area contributed by atoms with Crippen molar-refractivity contribution in [3.8, 4) is 11.1 Å². The van der Waals surface area contributed by atoms with E-state index >= 15 is 0 Å². The number of fused-ring (bicyclic) bond motifs is 5. The van der Waals surface area contributed by atoms with Crippen LogP contribution in [0.2, 0.25) is 0 Å². The van der Waals surface area contributed by atoms with Gasteiger partial charge in [0.2, 0.25) is 9.84 Å². The SMILES string of the molecule is C[C@H]1C[C@@H]2C[C@@H](C)C[C@H](C1)C21c2ccccc2S(=O)(=O)c2cc(N(c3ccccc3)c3ccc(-c4ccc5c(c4)sc4ccccc45)cc3)ccc21. The van der Waals surface area contributed by atoms with Gasteiger partial charge in [-0.05, 0) is 126 Å². The third-order valence-corrected chi connectivity index (χ3v) is 15.5. The van der Waals surface area contributed by atoms with Crippen molar-refractivity contribution >= 4 is 58.4 Å². The van der Waals surface area contributed by atoms with E-state index in [1.54, 1.807) is 0 Å². The Balaban J connectivity index is 1.11. The first kappa shape index (κ1) is 32.0. The molecule has 258 valence electrons.